The second-order valence-corrected chi connectivity index (χ2v) is 31.8. The smallest absolute Gasteiger partial charge is 0.386 e. The molecule has 45 heteroatoms. The van der Waals surface area contributed by atoms with Crippen LogP contribution in [0, 0.1) is 0 Å². The Morgan fingerprint density at radius 1 is 0.539 bits per heavy atom. The van der Waals surface area contributed by atoms with E-state index in [-0.39, 0.29) is 47.3 Å². The number of imidazole rings is 2. The molecule has 4 unspecified atom stereocenters. The molecule has 89 heavy (non-hydrogen) atoms. The summed E-state index contributed by atoms with van der Waals surface area (Å²) in [6.07, 6.45) is -13.2. The molecule has 34 nitrogen and oxygen atoms in total. The van der Waals surface area contributed by atoms with Crippen LogP contribution in [0.15, 0.2) is 71.3 Å². The number of anilines is 4. The average molecular weight is 1400 g/mol. The van der Waals surface area contributed by atoms with Gasteiger partial charge in [-0.05, 0) is 59.7 Å². The zero-order valence-corrected chi connectivity index (χ0v) is 51.7. The topological polar surface area (TPSA) is 455 Å². The number of hydrogen-bond donors (Lipinski definition) is 10. The van der Waals surface area contributed by atoms with Crippen LogP contribution in [0.4, 0.5) is 36.4 Å². The minimum absolute atomic E-state index is 0.0114. The molecule has 14 rings (SSSR count). The quantitative estimate of drug-likeness (QED) is 0.0894. The number of ether oxygens (including phenoxy) is 4. The Labute approximate surface area is 515 Å². The first-order valence-electron chi connectivity index (χ1n) is 26.2. The highest BCUT2D eigenvalue weighted by atomic mass is 32.7. The Kier molecular flexibility index (Phi) is 16.8. The number of fused-ring (bicyclic) bond motifs is 10. The molecule has 0 amide bonds. The molecule has 0 spiro atoms. The third-order valence-electron chi connectivity index (χ3n) is 14.9. The Hall–Kier alpha value is -5.00. The molecule has 478 valence electrons. The van der Waals surface area contributed by atoms with Crippen molar-refractivity contribution in [2.24, 2.45) is 0 Å². The van der Waals surface area contributed by atoms with Gasteiger partial charge in [0.05, 0.1) is 45.2 Å². The first-order chi connectivity index (χ1) is 42.2. The summed E-state index contributed by atoms with van der Waals surface area (Å²) in [5.74, 6) is -0.411. The molecule has 14 heterocycles. The number of halogens is 3. The minimum Gasteiger partial charge on any atom is -0.398 e. The molecule has 6 fully saturated rings. The van der Waals surface area contributed by atoms with Crippen molar-refractivity contribution in [3.8, 4) is 0 Å². The summed E-state index contributed by atoms with van der Waals surface area (Å²) in [4.78, 5) is 87.0. The number of H-pyrrole nitrogens is 2. The van der Waals surface area contributed by atoms with Crippen molar-refractivity contribution in [1.29, 1.82) is 0 Å². The van der Waals surface area contributed by atoms with Crippen LogP contribution in [0.25, 0.3) is 44.4 Å². The number of nitrogens with two attached hydrogens (primary N) is 4. The van der Waals surface area contributed by atoms with Crippen LogP contribution in [0.3, 0.4) is 0 Å². The van der Waals surface area contributed by atoms with E-state index in [1.54, 1.807) is 30.5 Å². The number of hydrogen-bond acceptors (Lipinski definition) is 28. The average Bonchev–Trinajstić information content (AvgIpc) is 1.74. The number of aromatic nitrogens is 12. The van der Waals surface area contributed by atoms with E-state index in [4.69, 9.17) is 113 Å². The Morgan fingerprint density at radius 2 is 1.00 bits per heavy atom. The van der Waals surface area contributed by atoms with Crippen molar-refractivity contribution in [1.82, 2.24) is 58.1 Å². The SMILES string of the molecule is Nc1nc2c(ncn2[C@@H]2O[C@@H]3COP(O)(=S)O[C@H]4[C@H](F)[C@H](n5ccc6c(N)ccnc65)O[C@@H]4COP(=O)(S)O[C@@H]2[C@H]3F)c(=O)[nH]1.Nc1nc2c(ncn2[C@@H]2O[C@@H]3COP(O)(=S)O[C@H]4[C@H](F)[C@H](n5ccc6c(N)ccnc65)O[C@@H]4COP(O)(=S)O[C@@H]2C3)c(=O)[nH]1. The molecule has 0 saturated carbocycles. The molecule has 0 aliphatic carbocycles. The molecule has 8 aromatic heterocycles. The van der Waals surface area contributed by atoms with Gasteiger partial charge in [0.1, 0.15) is 54.0 Å². The van der Waals surface area contributed by atoms with E-state index in [0.717, 1.165) is 10.9 Å². The third-order valence-corrected chi connectivity index (χ3v) is 21.2. The van der Waals surface area contributed by atoms with Gasteiger partial charge in [-0.2, -0.15) is 9.97 Å². The highest BCUT2D eigenvalue weighted by Crippen LogP contribution is 2.60. The van der Waals surface area contributed by atoms with Crippen LogP contribution >= 0.6 is 39.2 Å². The van der Waals surface area contributed by atoms with E-state index in [1.165, 1.54) is 38.6 Å². The Morgan fingerprint density at radius 3 is 1.53 bits per heavy atom. The molecule has 0 radical (unpaired) electrons. The van der Waals surface area contributed by atoms with Gasteiger partial charge in [0.25, 0.3) is 11.1 Å². The number of nitrogen functional groups attached to an aromatic ring is 4. The lowest BCUT2D eigenvalue weighted by molar-refractivity contribution is -0.0596. The standard InChI is InChI=1S/C22H24F2N8O9P2S2.C22H25FN8O9P2S2/c23-12-10-5-36-42(34,44)40-15-11(39-20(13(15)24)31-4-2-8-9(25)1-3-27-17(8)31)6-37-43(35,45)41-16(12)21(38-10)32-7-28-14-18(32)29-22(26)30-19(14)33;23-14-16-13(38-21(14)30-4-2-10-11(24)1-3-26-17(10)30)7-36-41(33,43)39-12-5-9(6-35-42(34,44)40-16)37-20(12)31-8-27-15-18(31)28-22(25)29-19(15)32/h1-4,7,10-13,15-16,20-21H,5-6H2,(H2,25,27)(H,34,44)(H,35,45)(H3,26,29,30,33);1-4,8-9,12-14,16,20-21H,5-7H2,(H2,24,26)(H,33,43)(H,34,44)(H3,25,28,29,32)/t10-,11-,12+,13+,15-,16-,20-,21-,42?,43?;9-,12+,13+,14-,16+,20+,21+,41?,42?/m10/s1. The molecule has 6 aliphatic rings. The second kappa shape index (κ2) is 23.8. The van der Waals surface area contributed by atoms with Crippen molar-refractivity contribution in [3.63, 3.8) is 0 Å². The van der Waals surface area contributed by atoms with Crippen LogP contribution < -0.4 is 34.1 Å². The molecule has 6 saturated heterocycles. The number of pyridine rings is 2. The maximum atomic E-state index is 16.0. The van der Waals surface area contributed by atoms with Crippen molar-refractivity contribution >= 4 is 142 Å². The minimum atomic E-state index is -4.47. The van der Waals surface area contributed by atoms with Crippen molar-refractivity contribution in [2.45, 2.75) is 98.7 Å². The Balaban J connectivity index is 0.000000164. The van der Waals surface area contributed by atoms with Crippen molar-refractivity contribution in [3.05, 3.63) is 82.4 Å². The van der Waals surface area contributed by atoms with Crippen molar-refractivity contribution < 1.29 is 87.6 Å². The maximum Gasteiger partial charge on any atom is 0.386 e. The normalized spacial score (nSPS) is 37.1. The molecule has 0 aromatic carbocycles. The van der Waals surface area contributed by atoms with Gasteiger partial charge < -0.3 is 83.8 Å². The monoisotopic (exact) mass is 1400 g/mol. The van der Waals surface area contributed by atoms with Crippen LogP contribution in [-0.2, 0) is 95.1 Å². The first-order valence-corrected chi connectivity index (χ1v) is 36.7. The first kappa shape index (κ1) is 62.8. The molecule has 6 aliphatic heterocycles. The summed E-state index contributed by atoms with van der Waals surface area (Å²) in [5.41, 5.74) is 23.5. The fourth-order valence-corrected chi connectivity index (χ4v) is 16.7. The van der Waals surface area contributed by atoms with Gasteiger partial charge in [0.15, 0.2) is 65.8 Å². The van der Waals surface area contributed by atoms with Gasteiger partial charge in [0, 0.05) is 53.4 Å². The van der Waals surface area contributed by atoms with Crippen LogP contribution in [0.1, 0.15) is 31.3 Å². The van der Waals surface area contributed by atoms with Crippen molar-refractivity contribution in [2.75, 3.05) is 49.4 Å². The summed E-state index contributed by atoms with van der Waals surface area (Å²) in [5, 5.41) is 1.12. The zero-order chi connectivity index (χ0) is 62.8. The van der Waals surface area contributed by atoms with Gasteiger partial charge in [-0.15, -0.1) is 0 Å². The second-order valence-electron chi connectivity index (χ2n) is 20.6. The highest BCUT2D eigenvalue weighted by Gasteiger charge is 2.55. The third kappa shape index (κ3) is 12.2. The van der Waals surface area contributed by atoms with Gasteiger partial charge in [-0.25, -0.2) is 37.7 Å². The predicted molar refractivity (Wildman–Crippen MR) is 318 cm³/mol. The summed E-state index contributed by atoms with van der Waals surface area (Å²) >= 11 is 19.7. The van der Waals surface area contributed by atoms with Crippen LogP contribution in [0.2, 0.25) is 0 Å². The number of nitrogens with zero attached hydrogens (tertiary/aromatic N) is 10. The number of alkyl halides is 3. The highest BCUT2D eigenvalue weighted by molar-refractivity contribution is 8.44. The van der Waals surface area contributed by atoms with E-state index < -0.39 is 150 Å². The largest absolute Gasteiger partial charge is 0.398 e. The molecule has 19 atom stereocenters. The fourth-order valence-electron chi connectivity index (χ4n) is 10.9. The fraction of sp³-hybridized carbons (Fsp3) is 0.455. The number of nitrogens with one attached hydrogen (secondary N) is 2. The van der Waals surface area contributed by atoms with E-state index >= 15 is 13.2 Å². The molecular weight excluding hydrogens is 1350 g/mol. The lowest BCUT2D eigenvalue weighted by Crippen LogP contribution is -2.34. The van der Waals surface area contributed by atoms with Gasteiger partial charge >= 0.3 is 27.0 Å². The molecular formula is C44H49F3N16O18P4S4. The zero-order valence-electron chi connectivity index (χ0n) is 44.8. The van der Waals surface area contributed by atoms with Crippen LogP contribution in [-0.4, -0.2) is 167 Å². The van der Waals surface area contributed by atoms with Gasteiger partial charge in [-0.3, -0.25) is 46.8 Å². The van der Waals surface area contributed by atoms with Gasteiger partial charge in [-0.1, -0.05) is 12.2 Å². The molecule has 4 bridgehead atoms. The van der Waals surface area contributed by atoms with E-state index in [0.29, 0.717) is 33.4 Å². The lowest BCUT2D eigenvalue weighted by Gasteiger charge is -2.27. The predicted octanol–water partition coefficient (Wildman–Crippen LogP) is 2.98. The number of aromatic amines is 2. The van der Waals surface area contributed by atoms with E-state index in [9.17, 15) is 28.8 Å². The summed E-state index contributed by atoms with van der Waals surface area (Å²) in [6, 6.07) is 6.47. The Bertz CT molecular complexity index is 4400. The summed E-state index contributed by atoms with van der Waals surface area (Å²) in [7, 11) is 0. The summed E-state index contributed by atoms with van der Waals surface area (Å²) in [6.45, 7) is -19.1. The van der Waals surface area contributed by atoms with E-state index in [1.807, 2.05) is 0 Å². The molecule has 13 N–H and O–H groups in total. The maximum absolute atomic E-state index is 16.0. The number of rotatable bonds is 4. The van der Waals surface area contributed by atoms with E-state index in [2.05, 4.69) is 52.1 Å². The van der Waals surface area contributed by atoms with Crippen LogP contribution in [0.5, 0.6) is 0 Å². The lowest BCUT2D eigenvalue weighted by atomic mass is 10.1. The summed E-state index contributed by atoms with van der Waals surface area (Å²) < 4.78 is 135. The number of thiol groups is 1. The molecule has 8 aromatic rings. The van der Waals surface area contributed by atoms with Gasteiger partial charge in [0.2, 0.25) is 11.9 Å².